The minimum atomic E-state index is 0.934. The largest absolute Gasteiger partial charge is 0.314 e. The second-order valence-electron chi connectivity index (χ2n) is 3.04. The van der Waals surface area contributed by atoms with Crippen LogP contribution in [0.5, 0.6) is 0 Å². The number of hydrogen-bond donors (Lipinski definition) is 1. The van der Waals surface area contributed by atoms with Crippen LogP contribution in [0.1, 0.15) is 25.7 Å². The molecule has 2 aliphatic rings. The van der Waals surface area contributed by atoms with Crippen molar-refractivity contribution < 1.29 is 0 Å². The number of rotatable bonds is 0. The van der Waals surface area contributed by atoms with E-state index in [1.54, 1.807) is 0 Å². The number of nitrogens with one attached hydrogen (secondary N) is 1. The van der Waals surface area contributed by atoms with Crippen molar-refractivity contribution in [3.8, 4) is 0 Å². The van der Waals surface area contributed by atoms with Gasteiger partial charge in [-0.05, 0) is 38.1 Å². The summed E-state index contributed by atoms with van der Waals surface area (Å²) in [6.07, 6.45) is 5.86. The van der Waals surface area contributed by atoms with E-state index in [9.17, 15) is 0 Å². The van der Waals surface area contributed by atoms with Crippen LogP contribution in [0.15, 0.2) is 0 Å². The molecule has 0 radical (unpaired) electrons. The molecule has 1 aliphatic heterocycles. The van der Waals surface area contributed by atoms with Crippen LogP contribution < -0.4 is 5.32 Å². The summed E-state index contributed by atoms with van der Waals surface area (Å²) in [5.74, 6) is 1.07. The molecular weight excluding hydrogens is 98.1 g/mol. The molecule has 0 aromatic heterocycles. The molecule has 1 saturated carbocycles. The maximum Gasteiger partial charge on any atom is 0.00954 e. The molecule has 0 aromatic rings. The quantitative estimate of drug-likeness (QED) is 0.494. The second kappa shape index (κ2) is 1.73. The van der Waals surface area contributed by atoms with Crippen molar-refractivity contribution in [3.63, 3.8) is 0 Å². The molecular formula is C7H13N. The van der Waals surface area contributed by atoms with Gasteiger partial charge in [0.1, 0.15) is 0 Å². The summed E-state index contributed by atoms with van der Waals surface area (Å²) < 4.78 is 0. The molecule has 0 amide bonds. The van der Waals surface area contributed by atoms with E-state index in [4.69, 9.17) is 0 Å². The lowest BCUT2D eigenvalue weighted by Gasteiger charge is -2.41. The third-order valence-corrected chi connectivity index (χ3v) is 2.58. The first kappa shape index (κ1) is 4.80. The fourth-order valence-corrected chi connectivity index (χ4v) is 1.83. The Hall–Kier alpha value is -0.0400. The van der Waals surface area contributed by atoms with Crippen molar-refractivity contribution in [1.29, 1.82) is 0 Å². The SMILES string of the molecule is C1CNC2CCC2C1. The average molecular weight is 111 g/mol. The average Bonchev–Trinajstić information content (AvgIpc) is 1.72. The molecule has 8 heavy (non-hydrogen) atoms. The van der Waals surface area contributed by atoms with E-state index < -0.39 is 0 Å². The van der Waals surface area contributed by atoms with Crippen LogP contribution in [0, 0.1) is 5.92 Å². The molecule has 1 aliphatic carbocycles. The molecule has 1 N–H and O–H groups in total. The van der Waals surface area contributed by atoms with Gasteiger partial charge in [-0.1, -0.05) is 0 Å². The van der Waals surface area contributed by atoms with E-state index in [2.05, 4.69) is 5.32 Å². The molecule has 1 heterocycles. The first-order chi connectivity index (χ1) is 3.97. The van der Waals surface area contributed by atoms with E-state index in [-0.39, 0.29) is 0 Å². The predicted octanol–water partition coefficient (Wildman–Crippen LogP) is 1.15. The monoisotopic (exact) mass is 111 g/mol. The number of fused-ring (bicyclic) bond motifs is 1. The molecule has 2 fully saturated rings. The summed E-state index contributed by atoms with van der Waals surface area (Å²) in [5.41, 5.74) is 0. The third-order valence-electron chi connectivity index (χ3n) is 2.58. The third kappa shape index (κ3) is 0.576. The van der Waals surface area contributed by atoms with Crippen molar-refractivity contribution >= 4 is 0 Å². The Labute approximate surface area is 50.5 Å². The van der Waals surface area contributed by atoms with Gasteiger partial charge in [0.2, 0.25) is 0 Å². The van der Waals surface area contributed by atoms with Gasteiger partial charge in [0.15, 0.2) is 0 Å². The first-order valence-electron chi connectivity index (χ1n) is 3.70. The topological polar surface area (TPSA) is 12.0 Å². The van der Waals surface area contributed by atoms with Crippen LogP contribution in [-0.4, -0.2) is 12.6 Å². The van der Waals surface area contributed by atoms with Gasteiger partial charge in [-0.15, -0.1) is 0 Å². The number of hydrogen-bond acceptors (Lipinski definition) is 1. The molecule has 46 valence electrons. The highest BCUT2D eigenvalue weighted by atomic mass is 14.9. The molecule has 1 heteroatoms. The van der Waals surface area contributed by atoms with Crippen LogP contribution in [0.4, 0.5) is 0 Å². The Kier molecular flexibility index (Phi) is 1.04. The highest BCUT2D eigenvalue weighted by Crippen LogP contribution is 2.33. The standard InChI is InChI=1S/C7H13N/c1-2-6-3-4-7(6)8-5-1/h6-8H,1-5H2. The fourth-order valence-electron chi connectivity index (χ4n) is 1.83. The highest BCUT2D eigenvalue weighted by molar-refractivity contribution is 4.89. The van der Waals surface area contributed by atoms with Gasteiger partial charge in [0, 0.05) is 6.04 Å². The Balaban J connectivity index is 1.92. The number of piperidine rings is 1. The summed E-state index contributed by atoms with van der Waals surface area (Å²) in [4.78, 5) is 0. The first-order valence-corrected chi connectivity index (χ1v) is 3.70. The van der Waals surface area contributed by atoms with Gasteiger partial charge in [0.05, 0.1) is 0 Å². The summed E-state index contributed by atoms with van der Waals surface area (Å²) >= 11 is 0. The van der Waals surface area contributed by atoms with E-state index in [1.165, 1.54) is 32.2 Å². The van der Waals surface area contributed by atoms with Gasteiger partial charge in [-0.25, -0.2) is 0 Å². The van der Waals surface area contributed by atoms with Crippen molar-refractivity contribution in [2.45, 2.75) is 31.7 Å². The normalized spacial score (nSPS) is 45.0. The Bertz CT molecular complexity index is 78.4. The van der Waals surface area contributed by atoms with Crippen LogP contribution in [0.2, 0.25) is 0 Å². The molecule has 1 saturated heterocycles. The Morgan fingerprint density at radius 2 is 2.12 bits per heavy atom. The van der Waals surface area contributed by atoms with Gasteiger partial charge >= 0.3 is 0 Å². The fraction of sp³-hybridized carbons (Fsp3) is 1.00. The van der Waals surface area contributed by atoms with Gasteiger partial charge < -0.3 is 5.32 Å². The molecule has 0 aromatic carbocycles. The van der Waals surface area contributed by atoms with Crippen molar-refractivity contribution in [1.82, 2.24) is 5.32 Å². The zero-order valence-electron chi connectivity index (χ0n) is 5.19. The minimum absolute atomic E-state index is 0.934. The van der Waals surface area contributed by atoms with E-state index >= 15 is 0 Å². The summed E-state index contributed by atoms with van der Waals surface area (Å²) in [7, 11) is 0. The zero-order chi connectivity index (χ0) is 5.40. The van der Waals surface area contributed by atoms with Crippen molar-refractivity contribution in [2.75, 3.05) is 6.54 Å². The van der Waals surface area contributed by atoms with E-state index in [0.29, 0.717) is 0 Å². The smallest absolute Gasteiger partial charge is 0.00954 e. The lowest BCUT2D eigenvalue weighted by molar-refractivity contribution is 0.161. The van der Waals surface area contributed by atoms with E-state index in [0.717, 1.165) is 12.0 Å². The summed E-state index contributed by atoms with van der Waals surface area (Å²) in [6.45, 7) is 1.28. The van der Waals surface area contributed by atoms with Crippen LogP contribution in [0.25, 0.3) is 0 Å². The van der Waals surface area contributed by atoms with Crippen molar-refractivity contribution in [3.05, 3.63) is 0 Å². The molecule has 2 rings (SSSR count). The van der Waals surface area contributed by atoms with Gasteiger partial charge in [-0.3, -0.25) is 0 Å². The van der Waals surface area contributed by atoms with Gasteiger partial charge in [-0.2, -0.15) is 0 Å². The molecule has 0 bridgehead atoms. The van der Waals surface area contributed by atoms with E-state index in [1.807, 2.05) is 0 Å². The van der Waals surface area contributed by atoms with Crippen LogP contribution in [0.3, 0.4) is 0 Å². The molecule has 2 atom stereocenters. The summed E-state index contributed by atoms with van der Waals surface area (Å²) in [5, 5.41) is 3.52. The lowest BCUT2D eigenvalue weighted by Crippen LogP contribution is -2.47. The van der Waals surface area contributed by atoms with Crippen LogP contribution in [-0.2, 0) is 0 Å². The minimum Gasteiger partial charge on any atom is -0.314 e. The Morgan fingerprint density at radius 3 is 2.50 bits per heavy atom. The maximum absolute atomic E-state index is 3.52. The highest BCUT2D eigenvalue weighted by Gasteiger charge is 2.31. The van der Waals surface area contributed by atoms with Gasteiger partial charge in [0.25, 0.3) is 0 Å². The lowest BCUT2D eigenvalue weighted by atomic mass is 9.75. The summed E-state index contributed by atoms with van der Waals surface area (Å²) in [6, 6.07) is 0.934. The molecule has 1 nitrogen and oxygen atoms in total. The molecule has 2 unspecified atom stereocenters. The maximum atomic E-state index is 3.52. The molecule has 0 spiro atoms. The predicted molar refractivity (Wildman–Crippen MR) is 33.7 cm³/mol. The second-order valence-corrected chi connectivity index (χ2v) is 3.04. The van der Waals surface area contributed by atoms with Crippen molar-refractivity contribution in [2.24, 2.45) is 5.92 Å². The Morgan fingerprint density at radius 1 is 1.12 bits per heavy atom. The van der Waals surface area contributed by atoms with Crippen LogP contribution >= 0.6 is 0 Å². The zero-order valence-corrected chi connectivity index (χ0v) is 5.19.